The van der Waals surface area contributed by atoms with E-state index in [0.29, 0.717) is 23.0 Å². The van der Waals surface area contributed by atoms with Crippen molar-refractivity contribution in [3.8, 4) is 0 Å². The molecule has 164 valence electrons. The van der Waals surface area contributed by atoms with E-state index in [4.69, 9.17) is 16.6 Å². The van der Waals surface area contributed by atoms with Gasteiger partial charge in [-0.15, -0.1) is 0 Å². The molecule has 3 heterocycles. The van der Waals surface area contributed by atoms with Gasteiger partial charge in [0.15, 0.2) is 16.5 Å². The minimum atomic E-state index is -0.328. The summed E-state index contributed by atoms with van der Waals surface area (Å²) in [5.74, 6) is 0.464. The van der Waals surface area contributed by atoms with Gasteiger partial charge in [0.25, 0.3) is 0 Å². The third kappa shape index (κ3) is 4.79. The molecule has 2 aromatic heterocycles. The predicted octanol–water partition coefficient (Wildman–Crippen LogP) is 5.27. The number of likely N-dealkylation sites (tertiary alicyclic amines) is 1. The molecule has 0 bridgehead atoms. The number of thiocarbonyl (C=S) groups is 1. The second-order valence-electron chi connectivity index (χ2n) is 9.14. The molecule has 1 saturated heterocycles. The molecule has 1 aliphatic heterocycles. The van der Waals surface area contributed by atoms with Crippen LogP contribution in [0.4, 0.5) is 15.9 Å². The number of furan rings is 1. The van der Waals surface area contributed by atoms with Gasteiger partial charge < -0.3 is 20.0 Å². The summed E-state index contributed by atoms with van der Waals surface area (Å²) in [4.78, 5) is 11.0. The van der Waals surface area contributed by atoms with E-state index in [1.54, 1.807) is 12.3 Å². The number of nitrogens with one attached hydrogen (secondary N) is 2. The standard InChI is InChI=1S/C23H28FN5OS/c1-14-5-6-18(17(24)11-14)27-21-20-19(25-13-26-21)16(12-30-20)15-7-9-29(10-8-15)22(31)28-23(2,3)4/h5-6,11-13,15H,7-10H2,1-4H3,(H,28,31)(H,25,26,27). The van der Waals surface area contributed by atoms with Crippen molar-refractivity contribution in [1.82, 2.24) is 20.2 Å². The van der Waals surface area contributed by atoms with Crippen molar-refractivity contribution in [3.63, 3.8) is 0 Å². The summed E-state index contributed by atoms with van der Waals surface area (Å²) in [6.07, 6.45) is 5.18. The van der Waals surface area contributed by atoms with Gasteiger partial charge >= 0.3 is 0 Å². The molecule has 8 heteroatoms. The van der Waals surface area contributed by atoms with Crippen LogP contribution in [0, 0.1) is 12.7 Å². The van der Waals surface area contributed by atoms with Gasteiger partial charge in [-0.3, -0.25) is 0 Å². The van der Waals surface area contributed by atoms with E-state index in [2.05, 4.69) is 46.3 Å². The van der Waals surface area contributed by atoms with Crippen molar-refractivity contribution in [2.45, 2.75) is 52.0 Å². The van der Waals surface area contributed by atoms with Crippen molar-refractivity contribution >= 4 is 39.9 Å². The smallest absolute Gasteiger partial charge is 0.195 e. The Morgan fingerprint density at radius 1 is 1.23 bits per heavy atom. The summed E-state index contributed by atoms with van der Waals surface area (Å²) in [6.45, 7) is 9.94. The van der Waals surface area contributed by atoms with Crippen LogP contribution in [0.15, 0.2) is 35.2 Å². The largest absolute Gasteiger partial charge is 0.458 e. The number of rotatable bonds is 3. The van der Waals surface area contributed by atoms with E-state index < -0.39 is 0 Å². The molecular weight excluding hydrogens is 413 g/mol. The van der Waals surface area contributed by atoms with Crippen LogP contribution in [0.25, 0.3) is 11.1 Å². The van der Waals surface area contributed by atoms with Gasteiger partial charge in [-0.25, -0.2) is 14.4 Å². The minimum Gasteiger partial charge on any atom is -0.458 e. The lowest BCUT2D eigenvalue weighted by Gasteiger charge is -2.36. The number of aromatic nitrogens is 2. The number of nitrogens with zero attached hydrogens (tertiary/aromatic N) is 3. The van der Waals surface area contributed by atoms with Crippen molar-refractivity contribution in [2.24, 2.45) is 0 Å². The van der Waals surface area contributed by atoms with E-state index in [1.165, 1.54) is 12.4 Å². The second kappa shape index (κ2) is 8.42. The van der Waals surface area contributed by atoms with Gasteiger partial charge in [-0.2, -0.15) is 0 Å². The molecule has 2 N–H and O–H groups in total. The topological polar surface area (TPSA) is 66.2 Å². The summed E-state index contributed by atoms with van der Waals surface area (Å²) < 4.78 is 20.1. The molecule has 0 amide bonds. The maximum Gasteiger partial charge on any atom is 0.195 e. The van der Waals surface area contributed by atoms with E-state index >= 15 is 0 Å². The van der Waals surface area contributed by atoms with Crippen LogP contribution < -0.4 is 10.6 Å². The molecule has 6 nitrogen and oxygen atoms in total. The molecule has 3 aromatic rings. The highest BCUT2D eigenvalue weighted by molar-refractivity contribution is 7.80. The number of halogens is 1. The molecule has 31 heavy (non-hydrogen) atoms. The fourth-order valence-electron chi connectivity index (χ4n) is 3.89. The van der Waals surface area contributed by atoms with E-state index in [1.807, 2.05) is 13.0 Å². The SMILES string of the molecule is Cc1ccc(Nc2ncnc3c(C4CCN(C(=S)NC(C)(C)C)CC4)coc23)c(F)c1. The summed E-state index contributed by atoms with van der Waals surface area (Å²) in [6, 6.07) is 5.04. The van der Waals surface area contributed by atoms with Crippen molar-refractivity contribution in [1.29, 1.82) is 0 Å². The Balaban J connectivity index is 1.50. The first kappa shape index (κ1) is 21.5. The lowest BCUT2D eigenvalue weighted by Crippen LogP contribution is -2.50. The van der Waals surface area contributed by atoms with Gasteiger partial charge in [0, 0.05) is 24.2 Å². The Morgan fingerprint density at radius 2 is 1.97 bits per heavy atom. The van der Waals surface area contributed by atoms with Crippen molar-refractivity contribution in [3.05, 3.63) is 47.7 Å². The monoisotopic (exact) mass is 441 g/mol. The van der Waals surface area contributed by atoms with Crippen LogP contribution in [-0.4, -0.2) is 38.6 Å². The average molecular weight is 442 g/mol. The molecule has 1 aliphatic rings. The van der Waals surface area contributed by atoms with Crippen molar-refractivity contribution in [2.75, 3.05) is 18.4 Å². The summed E-state index contributed by atoms with van der Waals surface area (Å²) >= 11 is 5.57. The summed E-state index contributed by atoms with van der Waals surface area (Å²) in [7, 11) is 0. The van der Waals surface area contributed by atoms with Gasteiger partial charge in [-0.05, 0) is 76.4 Å². The Kier molecular flexibility index (Phi) is 5.83. The number of aryl methyl sites for hydroxylation is 1. The Hall–Kier alpha value is -2.74. The Bertz CT molecular complexity index is 1100. The first-order valence-electron chi connectivity index (χ1n) is 10.5. The number of hydrogen-bond acceptors (Lipinski definition) is 5. The highest BCUT2D eigenvalue weighted by Gasteiger charge is 2.27. The zero-order valence-corrected chi connectivity index (χ0v) is 19.1. The van der Waals surface area contributed by atoms with Crippen LogP contribution in [-0.2, 0) is 0 Å². The van der Waals surface area contributed by atoms with Crippen LogP contribution in [0.3, 0.4) is 0 Å². The number of piperidine rings is 1. The van der Waals surface area contributed by atoms with Gasteiger partial charge in [0.05, 0.1) is 12.0 Å². The van der Waals surface area contributed by atoms with Crippen LogP contribution in [0.5, 0.6) is 0 Å². The van der Waals surface area contributed by atoms with Crippen LogP contribution in [0.2, 0.25) is 0 Å². The lowest BCUT2D eigenvalue weighted by atomic mass is 9.90. The van der Waals surface area contributed by atoms with Gasteiger partial charge in [-0.1, -0.05) is 6.07 Å². The molecule has 0 aliphatic carbocycles. The average Bonchev–Trinajstić information content (AvgIpc) is 3.14. The van der Waals surface area contributed by atoms with E-state index in [9.17, 15) is 4.39 Å². The zero-order valence-electron chi connectivity index (χ0n) is 18.3. The van der Waals surface area contributed by atoms with Gasteiger partial charge in [0.2, 0.25) is 0 Å². The Morgan fingerprint density at radius 3 is 2.65 bits per heavy atom. The first-order chi connectivity index (χ1) is 14.7. The lowest BCUT2D eigenvalue weighted by molar-refractivity contribution is 0.301. The van der Waals surface area contributed by atoms with Gasteiger partial charge in [0.1, 0.15) is 17.7 Å². The van der Waals surface area contributed by atoms with Crippen LogP contribution in [0.1, 0.15) is 50.7 Å². The number of anilines is 2. The molecule has 0 spiro atoms. The number of hydrogen-bond donors (Lipinski definition) is 2. The number of fused-ring (bicyclic) bond motifs is 1. The maximum atomic E-state index is 14.3. The highest BCUT2D eigenvalue weighted by Crippen LogP contribution is 2.36. The van der Waals surface area contributed by atoms with E-state index in [0.717, 1.165) is 47.7 Å². The molecule has 0 unspecified atom stereocenters. The molecule has 0 radical (unpaired) electrons. The highest BCUT2D eigenvalue weighted by atomic mass is 32.1. The maximum absolute atomic E-state index is 14.3. The fraction of sp³-hybridized carbons (Fsp3) is 0.435. The fourth-order valence-corrected chi connectivity index (χ4v) is 4.38. The van der Waals surface area contributed by atoms with Crippen LogP contribution >= 0.6 is 12.2 Å². The normalized spacial score (nSPS) is 15.3. The zero-order chi connectivity index (χ0) is 22.2. The quantitative estimate of drug-likeness (QED) is 0.537. The molecule has 0 saturated carbocycles. The second-order valence-corrected chi connectivity index (χ2v) is 9.53. The predicted molar refractivity (Wildman–Crippen MR) is 125 cm³/mol. The first-order valence-corrected chi connectivity index (χ1v) is 10.9. The third-order valence-corrected chi connectivity index (χ3v) is 5.82. The molecule has 1 fully saturated rings. The molecular formula is C23H28FN5OS. The Labute approximate surface area is 187 Å². The minimum absolute atomic E-state index is 0.0497. The molecule has 4 rings (SSSR count). The molecule has 0 atom stereocenters. The number of benzene rings is 1. The molecule has 1 aromatic carbocycles. The third-order valence-electron chi connectivity index (χ3n) is 5.46. The summed E-state index contributed by atoms with van der Waals surface area (Å²) in [5, 5.41) is 7.24. The van der Waals surface area contributed by atoms with Crippen molar-refractivity contribution < 1.29 is 8.81 Å². The van der Waals surface area contributed by atoms with E-state index in [-0.39, 0.29) is 11.4 Å². The summed E-state index contributed by atoms with van der Waals surface area (Å²) in [5.41, 5.74) is 3.56.